The van der Waals surface area contributed by atoms with E-state index in [1.54, 1.807) is 0 Å². The Labute approximate surface area is 163 Å². The van der Waals surface area contributed by atoms with Crippen LogP contribution in [-0.2, 0) is 24.3 Å². The van der Waals surface area contributed by atoms with Gasteiger partial charge in [-0.05, 0) is 18.6 Å². The van der Waals surface area contributed by atoms with Gasteiger partial charge in [-0.25, -0.2) is 9.13 Å². The van der Waals surface area contributed by atoms with Gasteiger partial charge in [-0.15, -0.1) is 0 Å². The number of hydrogen-bond acceptors (Lipinski definition) is 3. The molecule has 0 saturated carbocycles. The molecule has 6 nitrogen and oxygen atoms in total. The quantitative estimate of drug-likeness (QED) is 0.713. The lowest BCUT2D eigenvalue weighted by Gasteiger charge is -2.18. The topological polar surface area (TPSA) is 56.4 Å². The Morgan fingerprint density at radius 1 is 1.07 bits per heavy atom. The van der Waals surface area contributed by atoms with E-state index in [1.807, 2.05) is 36.4 Å². The van der Waals surface area contributed by atoms with Crippen molar-refractivity contribution in [3.63, 3.8) is 0 Å². The zero-order valence-corrected chi connectivity index (χ0v) is 15.6. The van der Waals surface area contributed by atoms with Gasteiger partial charge in [0.15, 0.2) is 23.7 Å². The van der Waals surface area contributed by atoms with Crippen LogP contribution in [0.25, 0.3) is 11.3 Å². The minimum atomic E-state index is -0.0541. The third kappa shape index (κ3) is 3.11. The molecule has 0 unspecified atom stereocenters. The van der Waals surface area contributed by atoms with Crippen molar-refractivity contribution in [2.45, 2.75) is 25.9 Å². The Bertz CT molecular complexity index is 1030. The number of rotatable bonds is 4. The van der Waals surface area contributed by atoms with Crippen LogP contribution in [0.1, 0.15) is 12.2 Å². The van der Waals surface area contributed by atoms with E-state index >= 15 is 0 Å². The molecule has 142 valence electrons. The maximum absolute atomic E-state index is 12.7. The molecule has 1 amide bonds. The van der Waals surface area contributed by atoms with Crippen molar-refractivity contribution in [3.05, 3.63) is 60.6 Å². The summed E-state index contributed by atoms with van der Waals surface area (Å²) in [6.07, 6.45) is 4.19. The van der Waals surface area contributed by atoms with E-state index in [9.17, 15) is 4.79 Å². The number of nitrogens with one attached hydrogen (secondary N) is 1. The van der Waals surface area contributed by atoms with Crippen molar-refractivity contribution in [3.8, 4) is 22.8 Å². The molecule has 5 rings (SSSR count). The maximum Gasteiger partial charge on any atom is 0.266 e. The predicted octanol–water partition coefficient (Wildman–Crippen LogP) is 2.80. The SMILES string of the molecule is O=C(C[n+]1cc(-c2ccccc2)n2c1CCC2)Nc1ccc2c(c1)OCCO2. The van der Waals surface area contributed by atoms with Gasteiger partial charge in [0.05, 0.1) is 13.0 Å². The van der Waals surface area contributed by atoms with Crippen LogP contribution < -0.4 is 19.4 Å². The number of imidazole rings is 1. The highest BCUT2D eigenvalue weighted by atomic mass is 16.6. The van der Waals surface area contributed by atoms with E-state index in [0.717, 1.165) is 25.1 Å². The smallest absolute Gasteiger partial charge is 0.266 e. The fourth-order valence-electron chi connectivity index (χ4n) is 3.96. The van der Waals surface area contributed by atoms with E-state index in [-0.39, 0.29) is 12.5 Å². The summed E-state index contributed by atoms with van der Waals surface area (Å²) in [6.45, 7) is 2.37. The molecule has 0 fully saturated rings. The molecule has 1 N–H and O–H groups in total. The number of carbonyl (C=O) groups excluding carboxylic acids is 1. The van der Waals surface area contributed by atoms with Crippen LogP contribution in [0.2, 0.25) is 0 Å². The van der Waals surface area contributed by atoms with Crippen molar-refractivity contribution < 1.29 is 18.8 Å². The molecule has 0 aliphatic carbocycles. The van der Waals surface area contributed by atoms with Crippen molar-refractivity contribution >= 4 is 11.6 Å². The second kappa shape index (κ2) is 7.03. The summed E-state index contributed by atoms with van der Waals surface area (Å²) in [5.74, 6) is 2.54. The molecule has 0 spiro atoms. The van der Waals surface area contributed by atoms with Gasteiger partial charge in [-0.2, -0.15) is 0 Å². The number of aromatic nitrogens is 2. The van der Waals surface area contributed by atoms with E-state index in [2.05, 4.69) is 32.8 Å². The second-order valence-corrected chi connectivity index (χ2v) is 7.09. The third-order valence-corrected chi connectivity index (χ3v) is 5.20. The van der Waals surface area contributed by atoms with Crippen LogP contribution in [0.15, 0.2) is 54.7 Å². The Kier molecular flexibility index (Phi) is 4.24. The van der Waals surface area contributed by atoms with Crippen molar-refractivity contribution in [1.29, 1.82) is 0 Å². The number of fused-ring (bicyclic) bond motifs is 2. The van der Waals surface area contributed by atoms with Crippen LogP contribution in [0.3, 0.4) is 0 Å². The lowest BCUT2D eigenvalue weighted by atomic mass is 10.2. The highest BCUT2D eigenvalue weighted by Crippen LogP contribution is 2.32. The first kappa shape index (κ1) is 16.9. The number of nitrogens with zero attached hydrogens (tertiary/aromatic N) is 2. The maximum atomic E-state index is 12.7. The Balaban J connectivity index is 1.36. The fraction of sp³-hybridized carbons (Fsp3) is 0.273. The van der Waals surface area contributed by atoms with E-state index < -0.39 is 0 Å². The van der Waals surface area contributed by atoms with Gasteiger partial charge in [-0.1, -0.05) is 30.3 Å². The molecule has 0 saturated heterocycles. The molecule has 3 aromatic rings. The molecule has 2 aliphatic heterocycles. The average Bonchev–Trinajstić information content (AvgIpc) is 3.32. The molecular formula is C22H22N3O3+. The summed E-state index contributed by atoms with van der Waals surface area (Å²) >= 11 is 0. The molecule has 0 atom stereocenters. The van der Waals surface area contributed by atoms with Crippen molar-refractivity contribution in [1.82, 2.24) is 4.57 Å². The number of benzene rings is 2. The Morgan fingerprint density at radius 2 is 1.89 bits per heavy atom. The largest absolute Gasteiger partial charge is 0.486 e. The summed E-state index contributed by atoms with van der Waals surface area (Å²) in [5.41, 5.74) is 3.06. The van der Waals surface area contributed by atoms with Crippen molar-refractivity contribution in [2.24, 2.45) is 0 Å². The third-order valence-electron chi connectivity index (χ3n) is 5.20. The van der Waals surface area contributed by atoms with E-state index in [1.165, 1.54) is 17.1 Å². The first-order chi connectivity index (χ1) is 13.8. The average molecular weight is 376 g/mol. The summed E-state index contributed by atoms with van der Waals surface area (Å²) in [6, 6.07) is 15.8. The van der Waals surface area contributed by atoms with Crippen LogP contribution in [0.4, 0.5) is 5.69 Å². The highest BCUT2D eigenvalue weighted by Gasteiger charge is 2.29. The monoisotopic (exact) mass is 376 g/mol. The Hall–Kier alpha value is -3.28. The van der Waals surface area contributed by atoms with Crippen LogP contribution in [0.5, 0.6) is 11.5 Å². The zero-order valence-electron chi connectivity index (χ0n) is 15.6. The molecule has 28 heavy (non-hydrogen) atoms. The van der Waals surface area contributed by atoms with Gasteiger partial charge in [0, 0.05) is 17.3 Å². The van der Waals surface area contributed by atoms with Gasteiger partial charge >= 0.3 is 0 Å². The van der Waals surface area contributed by atoms with E-state index in [4.69, 9.17) is 9.47 Å². The fourth-order valence-corrected chi connectivity index (χ4v) is 3.96. The zero-order chi connectivity index (χ0) is 18.9. The van der Waals surface area contributed by atoms with Crippen molar-refractivity contribution in [2.75, 3.05) is 18.5 Å². The molecule has 2 aliphatic rings. The van der Waals surface area contributed by atoms with Gasteiger partial charge in [0.2, 0.25) is 0 Å². The number of carbonyl (C=O) groups is 1. The minimum absolute atomic E-state index is 0.0541. The van der Waals surface area contributed by atoms with Gasteiger partial charge in [0.1, 0.15) is 19.4 Å². The molecule has 2 aromatic carbocycles. The standard InChI is InChI=1S/C22H21N3O3/c26-21(23-17-8-9-19-20(13-17)28-12-11-27-19)15-24-14-18(16-5-2-1-3-6-16)25-10-4-7-22(24)25/h1-3,5-6,8-9,13-14H,4,7,10-12,15H2/p+1. The van der Waals surface area contributed by atoms with Crippen LogP contribution >= 0.6 is 0 Å². The Morgan fingerprint density at radius 3 is 2.75 bits per heavy atom. The van der Waals surface area contributed by atoms with Gasteiger partial charge < -0.3 is 14.8 Å². The predicted molar refractivity (Wildman–Crippen MR) is 104 cm³/mol. The molecular weight excluding hydrogens is 354 g/mol. The summed E-state index contributed by atoms with van der Waals surface area (Å²) in [5, 5.41) is 2.98. The van der Waals surface area contributed by atoms with Gasteiger partial charge in [-0.3, -0.25) is 4.79 Å². The molecule has 0 radical (unpaired) electrons. The van der Waals surface area contributed by atoms with Gasteiger partial charge in [0.25, 0.3) is 11.7 Å². The number of hydrogen-bond donors (Lipinski definition) is 1. The van der Waals surface area contributed by atoms with Crippen LogP contribution in [-0.4, -0.2) is 23.7 Å². The normalized spacial score (nSPS) is 14.6. The summed E-state index contributed by atoms with van der Waals surface area (Å²) in [7, 11) is 0. The molecule has 3 heterocycles. The summed E-state index contributed by atoms with van der Waals surface area (Å²) in [4.78, 5) is 12.7. The van der Waals surface area contributed by atoms with Crippen LogP contribution in [0, 0.1) is 0 Å². The number of anilines is 1. The molecule has 6 heteroatoms. The first-order valence-electron chi connectivity index (χ1n) is 9.65. The minimum Gasteiger partial charge on any atom is -0.486 e. The van der Waals surface area contributed by atoms with E-state index in [0.29, 0.717) is 24.7 Å². The number of amides is 1. The lowest BCUT2D eigenvalue weighted by Crippen LogP contribution is -2.42. The molecule has 0 bridgehead atoms. The second-order valence-electron chi connectivity index (χ2n) is 7.09. The first-order valence-corrected chi connectivity index (χ1v) is 9.65. The molecule has 1 aromatic heterocycles. The highest BCUT2D eigenvalue weighted by molar-refractivity contribution is 5.90. The number of ether oxygens (including phenoxy) is 2. The lowest BCUT2D eigenvalue weighted by molar-refractivity contribution is -0.690. The summed E-state index contributed by atoms with van der Waals surface area (Å²) < 4.78 is 15.5.